The van der Waals surface area contributed by atoms with Crippen LogP contribution in [0.2, 0.25) is 0 Å². The first-order valence-corrected chi connectivity index (χ1v) is 19.4. The minimum Gasteiger partial charge on any atom is -0.321 e. The molecule has 0 saturated carbocycles. The molecule has 1 unspecified atom stereocenters. The number of unbranched alkanes of at least 4 members (excludes halogenated alkanes) is 6. The summed E-state index contributed by atoms with van der Waals surface area (Å²) in [7, 11) is 0. The zero-order valence-electron chi connectivity index (χ0n) is 31.7. The van der Waals surface area contributed by atoms with Crippen molar-refractivity contribution in [1.29, 1.82) is 0 Å². The number of benzene rings is 3. The molecule has 3 aromatic rings. The smallest absolute Gasteiger partial charge is 0.321 e. The molecule has 1 atom stereocenters. The van der Waals surface area contributed by atoms with Gasteiger partial charge >= 0.3 is 18.5 Å². The third-order valence-electron chi connectivity index (χ3n) is 10.9. The Labute approximate surface area is 310 Å². The summed E-state index contributed by atoms with van der Waals surface area (Å²) in [5.74, 6) is 0. The normalized spacial score (nSPS) is 13.8. The quantitative estimate of drug-likeness (QED) is 0.0439. The van der Waals surface area contributed by atoms with E-state index in [0.29, 0.717) is 6.42 Å². The molecule has 0 heterocycles. The average Bonchev–Trinajstić information content (AvgIpc) is 3.12. The topological polar surface area (TPSA) is 0 Å². The van der Waals surface area contributed by atoms with Crippen molar-refractivity contribution in [3.05, 3.63) is 106 Å². The van der Waals surface area contributed by atoms with Gasteiger partial charge in [-0.2, -0.15) is 39.5 Å². The molecule has 10 heteroatoms. The first-order chi connectivity index (χ1) is 25.0. The second-order valence-corrected chi connectivity index (χ2v) is 14.6. The molecular weight excluding hydrogens is 701 g/mol. The van der Waals surface area contributed by atoms with Crippen LogP contribution in [0.25, 0.3) is 0 Å². The summed E-state index contributed by atoms with van der Waals surface area (Å²) in [6.45, 7) is 11.2. The highest BCUT2D eigenvalue weighted by Gasteiger charge is 2.44. The Morgan fingerprint density at radius 1 is 0.434 bits per heavy atom. The number of rotatable bonds is 21. The molecule has 0 aliphatic carbocycles. The highest BCUT2D eigenvalue weighted by molar-refractivity contribution is 5.53. The molecule has 0 fully saturated rings. The van der Waals surface area contributed by atoms with Gasteiger partial charge in [-0.05, 0) is 73.4 Å². The van der Waals surface area contributed by atoms with Crippen LogP contribution in [-0.2, 0) is 23.9 Å². The fourth-order valence-electron chi connectivity index (χ4n) is 8.00. The second kappa shape index (κ2) is 19.5. The standard InChI is InChI=1S/C43H57F9N/c1-5-9-13-14-24-39(53(27-10-6-2,28-11-7-3)29-12-8-4)25-26-40(33-18-15-21-36(30-33)41(44,45)46,34-19-16-22-37(31-34)42(47,48)49)35-20-17-23-38(32-35)43(50,51)52/h15-23,30-32,39H,5-14,24-29H2,1-4H3/q+1. The zero-order valence-corrected chi connectivity index (χ0v) is 31.7. The van der Waals surface area contributed by atoms with Gasteiger partial charge in [0, 0.05) is 11.8 Å². The number of halogens is 9. The van der Waals surface area contributed by atoms with Crippen LogP contribution in [0.5, 0.6) is 0 Å². The minimum atomic E-state index is -4.79. The van der Waals surface area contributed by atoms with Crippen molar-refractivity contribution in [3.8, 4) is 0 Å². The van der Waals surface area contributed by atoms with Gasteiger partial charge in [0.2, 0.25) is 0 Å². The molecule has 3 aromatic carbocycles. The van der Waals surface area contributed by atoms with E-state index in [1.54, 1.807) is 0 Å². The predicted molar refractivity (Wildman–Crippen MR) is 196 cm³/mol. The zero-order chi connectivity index (χ0) is 39.3. The van der Waals surface area contributed by atoms with E-state index in [1.807, 2.05) is 0 Å². The van der Waals surface area contributed by atoms with Gasteiger partial charge in [-0.3, -0.25) is 0 Å². The Hall–Kier alpha value is -3.01. The predicted octanol–water partition coefficient (Wildman–Crippen LogP) is 14.4. The van der Waals surface area contributed by atoms with Crippen LogP contribution >= 0.6 is 0 Å². The van der Waals surface area contributed by atoms with Gasteiger partial charge in [0.1, 0.15) is 0 Å². The van der Waals surface area contributed by atoms with Gasteiger partial charge in [-0.15, -0.1) is 0 Å². The summed E-state index contributed by atoms with van der Waals surface area (Å²) in [6.07, 6.45) is -3.45. The summed E-state index contributed by atoms with van der Waals surface area (Å²) in [4.78, 5) is 0. The molecule has 53 heavy (non-hydrogen) atoms. The van der Waals surface area contributed by atoms with Gasteiger partial charge < -0.3 is 4.48 Å². The van der Waals surface area contributed by atoms with Crippen LogP contribution < -0.4 is 0 Å². The molecule has 0 aliphatic rings. The SMILES string of the molecule is CCCCCCC(CCC(c1cccc(C(F)(F)F)c1)(c1cccc(C(F)(F)F)c1)c1cccc(C(F)(F)F)c1)[N+](CCCC)(CCCC)CCCC. The second-order valence-electron chi connectivity index (χ2n) is 14.6. The van der Waals surface area contributed by atoms with E-state index < -0.39 is 40.6 Å². The van der Waals surface area contributed by atoms with Crippen molar-refractivity contribution in [2.24, 2.45) is 0 Å². The lowest BCUT2D eigenvalue weighted by molar-refractivity contribution is -0.952. The summed E-state index contributed by atoms with van der Waals surface area (Å²) in [5.41, 5.74) is -4.82. The third-order valence-corrected chi connectivity index (χ3v) is 10.9. The fraction of sp³-hybridized carbons (Fsp3) is 0.581. The van der Waals surface area contributed by atoms with Gasteiger partial charge in [-0.25, -0.2) is 0 Å². The maximum Gasteiger partial charge on any atom is 0.416 e. The van der Waals surface area contributed by atoms with Crippen LogP contribution in [0.3, 0.4) is 0 Å². The molecule has 0 amide bonds. The number of hydrogen-bond acceptors (Lipinski definition) is 0. The Balaban J connectivity index is 2.44. The largest absolute Gasteiger partial charge is 0.416 e. The Kier molecular flexibility index (Phi) is 16.4. The molecule has 0 aromatic heterocycles. The Morgan fingerprint density at radius 2 is 0.774 bits per heavy atom. The summed E-state index contributed by atoms with van der Waals surface area (Å²) in [5, 5.41) is 0. The van der Waals surface area contributed by atoms with Crippen LogP contribution in [-0.4, -0.2) is 30.2 Å². The van der Waals surface area contributed by atoms with E-state index >= 15 is 0 Å². The number of quaternary nitrogens is 1. The molecule has 0 saturated heterocycles. The van der Waals surface area contributed by atoms with Gasteiger partial charge in [0.25, 0.3) is 0 Å². The third kappa shape index (κ3) is 11.7. The number of hydrogen-bond donors (Lipinski definition) is 0. The molecule has 296 valence electrons. The van der Waals surface area contributed by atoms with E-state index in [4.69, 9.17) is 0 Å². The lowest BCUT2D eigenvalue weighted by atomic mass is 9.65. The monoisotopic (exact) mass is 758 g/mol. The highest BCUT2D eigenvalue weighted by Crippen LogP contribution is 2.48. The van der Waals surface area contributed by atoms with Crippen molar-refractivity contribution < 1.29 is 44.0 Å². The lowest BCUT2D eigenvalue weighted by Gasteiger charge is -2.47. The molecule has 0 radical (unpaired) electrons. The van der Waals surface area contributed by atoms with Crippen molar-refractivity contribution in [2.75, 3.05) is 19.6 Å². The van der Waals surface area contributed by atoms with Gasteiger partial charge in [0.15, 0.2) is 0 Å². The molecular formula is C43H57F9N+. The van der Waals surface area contributed by atoms with E-state index in [2.05, 4.69) is 27.7 Å². The molecule has 0 bridgehead atoms. The summed E-state index contributed by atoms with van der Waals surface area (Å²) >= 11 is 0. The minimum absolute atomic E-state index is 0.00159. The summed E-state index contributed by atoms with van der Waals surface area (Å²) in [6, 6.07) is 13.2. The van der Waals surface area contributed by atoms with Crippen LogP contribution in [0.15, 0.2) is 72.8 Å². The number of alkyl halides is 9. The summed E-state index contributed by atoms with van der Waals surface area (Å²) < 4.78 is 130. The number of nitrogens with zero attached hydrogens (tertiary/aromatic N) is 1. The van der Waals surface area contributed by atoms with Crippen LogP contribution in [0.1, 0.15) is 145 Å². The lowest BCUT2D eigenvalue weighted by Crippen LogP contribution is -2.57. The van der Waals surface area contributed by atoms with Crippen LogP contribution in [0.4, 0.5) is 39.5 Å². The molecule has 3 rings (SSSR count). The Morgan fingerprint density at radius 3 is 1.09 bits per heavy atom. The Bertz CT molecular complexity index is 1360. The van der Waals surface area contributed by atoms with E-state index in [-0.39, 0.29) is 29.2 Å². The first-order valence-electron chi connectivity index (χ1n) is 19.4. The first kappa shape index (κ1) is 44.4. The van der Waals surface area contributed by atoms with E-state index in [9.17, 15) is 39.5 Å². The molecule has 1 nitrogen and oxygen atoms in total. The van der Waals surface area contributed by atoms with Gasteiger partial charge in [-0.1, -0.05) is 121 Å². The maximum absolute atomic E-state index is 14.3. The van der Waals surface area contributed by atoms with Crippen molar-refractivity contribution in [3.63, 3.8) is 0 Å². The van der Waals surface area contributed by atoms with Crippen molar-refractivity contribution >= 4 is 0 Å². The molecule has 0 spiro atoms. The molecule has 0 aliphatic heterocycles. The fourth-order valence-corrected chi connectivity index (χ4v) is 8.00. The van der Waals surface area contributed by atoms with E-state index in [0.717, 1.165) is 131 Å². The van der Waals surface area contributed by atoms with Crippen molar-refractivity contribution in [2.45, 2.75) is 141 Å². The van der Waals surface area contributed by atoms with E-state index in [1.165, 1.54) is 36.4 Å². The molecule has 0 N–H and O–H groups in total. The average molecular weight is 759 g/mol. The highest BCUT2D eigenvalue weighted by atomic mass is 19.4. The van der Waals surface area contributed by atoms with Crippen LogP contribution in [0, 0.1) is 0 Å². The van der Waals surface area contributed by atoms with Gasteiger partial charge in [0.05, 0.1) is 42.4 Å². The van der Waals surface area contributed by atoms with Crippen molar-refractivity contribution in [1.82, 2.24) is 0 Å². The maximum atomic E-state index is 14.3.